The van der Waals surface area contributed by atoms with Crippen LogP contribution in [-0.4, -0.2) is 49.8 Å². The Morgan fingerprint density at radius 1 is 1.03 bits per heavy atom. The molecule has 0 aliphatic carbocycles. The summed E-state index contributed by atoms with van der Waals surface area (Å²) in [5, 5.41) is 9.54. The van der Waals surface area contributed by atoms with Crippen LogP contribution in [0.25, 0.3) is 0 Å². The van der Waals surface area contributed by atoms with Crippen molar-refractivity contribution in [3.05, 3.63) is 59.1 Å². The third-order valence-corrected chi connectivity index (χ3v) is 4.27. The number of hydrogen-bond donors (Lipinski definition) is 3. The topological polar surface area (TPSA) is 118 Å². The molecule has 0 unspecified atom stereocenters. The molecule has 2 aromatic carbocycles. The Kier molecular flexibility index (Phi) is 10.9. The SMILES string of the molecule is CC(C)OCCCNC(=O)C(=O)N/N=C\c1ccc(OCC(=O)Nc2ccc(Cl)cc2)cc1. The normalized spacial score (nSPS) is 10.8. The number of carbonyl (C=O) groups is 3. The van der Waals surface area contributed by atoms with Crippen LogP contribution >= 0.6 is 11.6 Å². The van der Waals surface area contributed by atoms with Gasteiger partial charge in [-0.15, -0.1) is 0 Å². The van der Waals surface area contributed by atoms with Gasteiger partial charge in [-0.2, -0.15) is 5.10 Å². The van der Waals surface area contributed by atoms with E-state index < -0.39 is 11.8 Å². The van der Waals surface area contributed by atoms with Crippen molar-refractivity contribution in [3.63, 3.8) is 0 Å². The fourth-order valence-corrected chi connectivity index (χ4v) is 2.54. The van der Waals surface area contributed by atoms with E-state index >= 15 is 0 Å². The smallest absolute Gasteiger partial charge is 0.329 e. The molecule has 2 aromatic rings. The maximum Gasteiger partial charge on any atom is 0.329 e. The molecule has 0 aliphatic rings. The quantitative estimate of drug-likeness (QED) is 0.200. The van der Waals surface area contributed by atoms with Crippen molar-refractivity contribution in [3.8, 4) is 5.75 Å². The number of nitrogens with zero attached hydrogens (tertiary/aromatic N) is 1. The maximum atomic E-state index is 12.0. The Morgan fingerprint density at radius 2 is 1.73 bits per heavy atom. The summed E-state index contributed by atoms with van der Waals surface area (Å²) in [7, 11) is 0. The molecule has 0 atom stereocenters. The molecule has 9 nitrogen and oxygen atoms in total. The first kappa shape index (κ1) is 25.8. The fourth-order valence-electron chi connectivity index (χ4n) is 2.42. The number of benzene rings is 2. The van der Waals surface area contributed by atoms with E-state index in [1.165, 1.54) is 6.21 Å². The first-order chi connectivity index (χ1) is 15.8. The highest BCUT2D eigenvalue weighted by Gasteiger charge is 2.11. The van der Waals surface area contributed by atoms with E-state index in [9.17, 15) is 14.4 Å². The highest BCUT2D eigenvalue weighted by atomic mass is 35.5. The molecule has 33 heavy (non-hydrogen) atoms. The molecule has 176 valence electrons. The van der Waals surface area contributed by atoms with Gasteiger partial charge in [-0.05, 0) is 74.4 Å². The van der Waals surface area contributed by atoms with E-state index in [4.69, 9.17) is 21.1 Å². The standard InChI is InChI=1S/C23H27ClN4O5/c1-16(2)32-13-3-12-25-22(30)23(31)28-26-14-17-4-10-20(11-5-17)33-15-21(29)27-19-8-6-18(24)7-9-19/h4-11,14,16H,3,12-13,15H2,1-2H3,(H,25,30)(H,27,29)(H,28,31)/b26-14-. The number of amides is 3. The zero-order chi connectivity index (χ0) is 24.1. The molecule has 0 aromatic heterocycles. The average molecular weight is 475 g/mol. The number of hydrazone groups is 1. The van der Waals surface area contributed by atoms with Gasteiger partial charge in [0, 0.05) is 23.9 Å². The number of anilines is 1. The number of carbonyl (C=O) groups excluding carboxylic acids is 3. The van der Waals surface area contributed by atoms with Crippen LogP contribution in [-0.2, 0) is 19.1 Å². The largest absolute Gasteiger partial charge is 0.484 e. The first-order valence-corrected chi connectivity index (χ1v) is 10.7. The lowest BCUT2D eigenvalue weighted by Gasteiger charge is -2.08. The van der Waals surface area contributed by atoms with E-state index in [0.29, 0.717) is 41.6 Å². The molecular formula is C23H27ClN4O5. The van der Waals surface area contributed by atoms with Gasteiger partial charge in [0.1, 0.15) is 5.75 Å². The van der Waals surface area contributed by atoms with Gasteiger partial charge in [0.2, 0.25) is 0 Å². The number of nitrogens with one attached hydrogen (secondary N) is 3. The summed E-state index contributed by atoms with van der Waals surface area (Å²) < 4.78 is 10.8. The minimum absolute atomic E-state index is 0.124. The summed E-state index contributed by atoms with van der Waals surface area (Å²) in [6.07, 6.45) is 2.12. The number of rotatable bonds is 11. The zero-order valence-electron chi connectivity index (χ0n) is 18.5. The van der Waals surface area contributed by atoms with Gasteiger partial charge in [-0.25, -0.2) is 5.43 Å². The number of hydrogen-bond acceptors (Lipinski definition) is 6. The van der Waals surface area contributed by atoms with Crippen LogP contribution in [0.4, 0.5) is 5.69 Å². The van der Waals surface area contributed by atoms with E-state index in [-0.39, 0.29) is 18.6 Å². The van der Waals surface area contributed by atoms with E-state index in [0.717, 1.165) is 0 Å². The number of ether oxygens (including phenoxy) is 2. The maximum absolute atomic E-state index is 12.0. The van der Waals surface area contributed by atoms with E-state index in [1.807, 2.05) is 13.8 Å². The highest BCUT2D eigenvalue weighted by molar-refractivity contribution is 6.35. The van der Waals surface area contributed by atoms with Crippen molar-refractivity contribution in [2.75, 3.05) is 25.1 Å². The predicted octanol–water partition coefficient (Wildman–Crippen LogP) is 2.74. The van der Waals surface area contributed by atoms with Crippen molar-refractivity contribution >= 4 is 41.2 Å². The third kappa shape index (κ3) is 10.6. The minimum atomic E-state index is -0.859. The monoisotopic (exact) mass is 474 g/mol. The van der Waals surface area contributed by atoms with Gasteiger partial charge in [0.25, 0.3) is 5.91 Å². The summed E-state index contributed by atoms with van der Waals surface area (Å²) in [4.78, 5) is 35.4. The predicted molar refractivity (Wildman–Crippen MR) is 126 cm³/mol. The second-order valence-electron chi connectivity index (χ2n) is 7.14. The number of halogens is 1. The average Bonchev–Trinajstić information content (AvgIpc) is 2.79. The molecule has 0 saturated carbocycles. The van der Waals surface area contributed by atoms with Gasteiger partial charge in [-0.3, -0.25) is 14.4 Å². The van der Waals surface area contributed by atoms with Crippen LogP contribution in [0.5, 0.6) is 5.75 Å². The molecule has 0 saturated heterocycles. The lowest BCUT2D eigenvalue weighted by Crippen LogP contribution is -2.38. The Bertz CT molecular complexity index is 946. The first-order valence-electron chi connectivity index (χ1n) is 10.3. The highest BCUT2D eigenvalue weighted by Crippen LogP contribution is 2.14. The summed E-state index contributed by atoms with van der Waals surface area (Å²) in [5.74, 6) is -1.44. The molecule has 3 N–H and O–H groups in total. The summed E-state index contributed by atoms with van der Waals surface area (Å²) in [5.41, 5.74) is 3.45. The lowest BCUT2D eigenvalue weighted by molar-refractivity contribution is -0.139. The molecule has 3 amide bonds. The summed E-state index contributed by atoms with van der Waals surface area (Å²) >= 11 is 5.81. The second-order valence-corrected chi connectivity index (χ2v) is 7.58. The van der Waals surface area contributed by atoms with Crippen molar-refractivity contribution in [1.82, 2.24) is 10.7 Å². The van der Waals surface area contributed by atoms with Gasteiger partial charge in [-0.1, -0.05) is 11.6 Å². The Morgan fingerprint density at radius 3 is 2.39 bits per heavy atom. The lowest BCUT2D eigenvalue weighted by atomic mass is 10.2. The van der Waals surface area contributed by atoms with Crippen LogP contribution in [0.1, 0.15) is 25.8 Å². The molecule has 0 spiro atoms. The summed E-state index contributed by atoms with van der Waals surface area (Å²) in [6, 6.07) is 13.4. The third-order valence-electron chi connectivity index (χ3n) is 4.02. The van der Waals surface area contributed by atoms with Crippen LogP contribution < -0.4 is 20.8 Å². The molecule has 0 bridgehead atoms. The van der Waals surface area contributed by atoms with Gasteiger partial charge >= 0.3 is 11.8 Å². The van der Waals surface area contributed by atoms with Crippen molar-refractivity contribution in [2.45, 2.75) is 26.4 Å². The zero-order valence-corrected chi connectivity index (χ0v) is 19.2. The van der Waals surface area contributed by atoms with Crippen LogP contribution in [0.2, 0.25) is 5.02 Å². The molecule has 0 fully saturated rings. The van der Waals surface area contributed by atoms with Gasteiger partial charge < -0.3 is 20.1 Å². The van der Waals surface area contributed by atoms with Crippen LogP contribution in [0.3, 0.4) is 0 Å². The van der Waals surface area contributed by atoms with Gasteiger partial charge in [0.05, 0.1) is 12.3 Å². The fraction of sp³-hybridized carbons (Fsp3) is 0.304. The van der Waals surface area contributed by atoms with Gasteiger partial charge in [0.15, 0.2) is 6.61 Å². The van der Waals surface area contributed by atoms with Crippen molar-refractivity contribution < 1.29 is 23.9 Å². The Labute approximate surface area is 197 Å². The van der Waals surface area contributed by atoms with E-state index in [2.05, 4.69) is 21.2 Å². The molecule has 0 aliphatic heterocycles. The van der Waals surface area contributed by atoms with Crippen molar-refractivity contribution in [1.29, 1.82) is 0 Å². The van der Waals surface area contributed by atoms with Crippen molar-refractivity contribution in [2.24, 2.45) is 5.10 Å². The molecule has 0 radical (unpaired) electrons. The van der Waals surface area contributed by atoms with Crippen LogP contribution in [0.15, 0.2) is 53.6 Å². The molecule has 0 heterocycles. The Balaban J connectivity index is 1.68. The molecule has 2 rings (SSSR count). The summed E-state index contributed by atoms with van der Waals surface area (Å²) in [6.45, 7) is 4.53. The van der Waals surface area contributed by atoms with E-state index in [1.54, 1.807) is 48.5 Å². The molecular weight excluding hydrogens is 448 g/mol. The Hall–Kier alpha value is -3.43. The molecule has 10 heteroatoms. The second kappa shape index (κ2) is 13.9. The minimum Gasteiger partial charge on any atom is -0.484 e. The van der Waals surface area contributed by atoms with Crippen LogP contribution in [0, 0.1) is 0 Å².